The van der Waals surface area contributed by atoms with Gasteiger partial charge in [0.05, 0.1) is 24.6 Å². The van der Waals surface area contributed by atoms with Crippen LogP contribution in [0.2, 0.25) is 0 Å². The number of anilines is 1. The molecule has 0 aliphatic carbocycles. The van der Waals surface area contributed by atoms with Gasteiger partial charge < -0.3 is 25.8 Å². The van der Waals surface area contributed by atoms with Crippen LogP contribution in [0.5, 0.6) is 5.75 Å². The topological polar surface area (TPSA) is 187 Å². The summed E-state index contributed by atoms with van der Waals surface area (Å²) in [4.78, 5) is 24.7. The predicted octanol–water partition coefficient (Wildman–Crippen LogP) is -0.744. The highest BCUT2D eigenvalue weighted by Gasteiger charge is 2.44. The first kappa shape index (κ1) is 20.0. The lowest BCUT2D eigenvalue weighted by Gasteiger charge is -2.16. The molecule has 5 N–H and O–H groups in total. The van der Waals surface area contributed by atoms with Gasteiger partial charge >= 0.3 is 0 Å². The molecule has 4 atom stereocenters. The van der Waals surface area contributed by atoms with Crippen LogP contribution in [-0.2, 0) is 11.3 Å². The molecule has 4 heterocycles. The lowest BCUT2D eigenvalue weighted by Crippen LogP contribution is -2.33. The van der Waals surface area contributed by atoms with E-state index in [9.17, 15) is 20.1 Å². The Bertz CT molecular complexity index is 1300. The number of phenolic OH excluding ortho intramolecular Hbond substituents is 1. The van der Waals surface area contributed by atoms with E-state index in [0.29, 0.717) is 11.2 Å². The number of aromatic hydroxyl groups is 1. The summed E-state index contributed by atoms with van der Waals surface area (Å²) in [5.41, 5.74) is 6.62. The molecule has 0 radical (unpaired) electrons. The van der Waals surface area contributed by atoms with Crippen LogP contribution in [0, 0.1) is 0 Å². The number of nitrogen functional groups attached to an aromatic ring is 1. The van der Waals surface area contributed by atoms with Crippen molar-refractivity contribution >= 4 is 22.8 Å². The van der Waals surface area contributed by atoms with E-state index in [4.69, 9.17) is 10.5 Å². The summed E-state index contributed by atoms with van der Waals surface area (Å²) in [6.45, 7) is 0.0134. The minimum absolute atomic E-state index is 0.0134. The molecule has 0 spiro atoms. The number of imidazole rings is 1. The number of nitrogens with zero attached hydrogens (tertiary/aromatic N) is 7. The van der Waals surface area contributed by atoms with Crippen molar-refractivity contribution in [1.82, 2.24) is 34.5 Å². The molecule has 0 bridgehead atoms. The Kier molecular flexibility index (Phi) is 4.77. The molecule has 3 aromatic heterocycles. The van der Waals surface area contributed by atoms with Gasteiger partial charge in [0.1, 0.15) is 35.9 Å². The number of rotatable bonds is 5. The monoisotopic (exact) mass is 438 g/mol. The van der Waals surface area contributed by atoms with Gasteiger partial charge in [-0.15, -0.1) is 5.10 Å². The minimum atomic E-state index is -1.28. The maximum atomic E-state index is 12.6. The van der Waals surface area contributed by atoms with Crippen molar-refractivity contribution in [3.8, 4) is 5.75 Å². The van der Waals surface area contributed by atoms with Crippen LogP contribution in [-0.4, -0.2) is 73.9 Å². The Morgan fingerprint density at radius 1 is 1.16 bits per heavy atom. The summed E-state index contributed by atoms with van der Waals surface area (Å²) in [7, 11) is 0. The number of carbonyl (C=O) groups excluding carboxylic acids is 1. The highest BCUT2D eigenvalue weighted by Crippen LogP contribution is 2.32. The van der Waals surface area contributed by atoms with Gasteiger partial charge in [-0.1, -0.05) is 17.3 Å². The molecule has 0 unspecified atom stereocenters. The zero-order valence-corrected chi connectivity index (χ0v) is 16.4. The zero-order chi connectivity index (χ0) is 22.4. The van der Waals surface area contributed by atoms with Gasteiger partial charge in [-0.3, -0.25) is 9.36 Å². The number of hydrogen-bond acceptors (Lipinski definition) is 11. The van der Waals surface area contributed by atoms with Crippen LogP contribution in [0.4, 0.5) is 5.82 Å². The number of aliphatic hydroxyl groups is 2. The standard InChI is InChI=1S/C19H18N8O5/c20-17-13-18(22-7-21-17)27(8-23-13)19-16(31)15(30)12(32-19)6-26-5-10(24-25-26)14(29)9-3-1-2-4-11(9)28/h1-5,7-8,12,15-16,19,28,30-31H,6H2,(H2,20,21,22)/t12-,15-,16-,19-/m1/s1. The summed E-state index contributed by atoms with van der Waals surface area (Å²) >= 11 is 0. The number of fused-ring (bicyclic) bond motifs is 1. The van der Waals surface area contributed by atoms with E-state index in [1.807, 2.05) is 0 Å². The van der Waals surface area contributed by atoms with Crippen molar-refractivity contribution in [3.63, 3.8) is 0 Å². The fourth-order valence-corrected chi connectivity index (χ4v) is 3.65. The van der Waals surface area contributed by atoms with Crippen molar-refractivity contribution in [2.45, 2.75) is 31.1 Å². The molecule has 13 nitrogen and oxygen atoms in total. The van der Waals surface area contributed by atoms with E-state index in [0.717, 1.165) is 0 Å². The number of ketones is 1. The second-order valence-corrected chi connectivity index (χ2v) is 7.30. The zero-order valence-electron chi connectivity index (χ0n) is 16.4. The number of aromatic nitrogens is 7. The average Bonchev–Trinajstić information content (AvgIpc) is 3.49. The Labute approximate surface area is 179 Å². The molecule has 1 aromatic carbocycles. The largest absolute Gasteiger partial charge is 0.507 e. The molecule has 1 aliphatic rings. The van der Waals surface area contributed by atoms with Gasteiger partial charge in [-0.2, -0.15) is 0 Å². The van der Waals surface area contributed by atoms with E-state index in [2.05, 4.69) is 25.3 Å². The Morgan fingerprint density at radius 2 is 1.97 bits per heavy atom. The van der Waals surface area contributed by atoms with Gasteiger partial charge in [0.25, 0.3) is 0 Å². The van der Waals surface area contributed by atoms with Crippen LogP contribution in [0.3, 0.4) is 0 Å². The maximum Gasteiger partial charge on any atom is 0.218 e. The van der Waals surface area contributed by atoms with E-state index in [1.165, 1.54) is 40.2 Å². The number of para-hydroxylation sites is 1. The number of phenols is 1. The smallest absolute Gasteiger partial charge is 0.218 e. The summed E-state index contributed by atoms with van der Waals surface area (Å²) in [5, 5.41) is 38.7. The molecule has 0 saturated carbocycles. The third-order valence-corrected chi connectivity index (χ3v) is 5.29. The number of carbonyl (C=O) groups is 1. The Hall–Kier alpha value is -3.94. The van der Waals surface area contributed by atoms with Crippen molar-refractivity contribution in [2.75, 3.05) is 5.73 Å². The van der Waals surface area contributed by atoms with Gasteiger partial charge in [0, 0.05) is 0 Å². The molecule has 164 valence electrons. The highest BCUT2D eigenvalue weighted by molar-refractivity contribution is 6.09. The minimum Gasteiger partial charge on any atom is -0.507 e. The lowest BCUT2D eigenvalue weighted by atomic mass is 10.1. The van der Waals surface area contributed by atoms with Gasteiger partial charge in [-0.05, 0) is 12.1 Å². The second kappa shape index (κ2) is 7.64. The van der Waals surface area contributed by atoms with Crippen molar-refractivity contribution < 1.29 is 24.9 Å². The molecule has 4 aromatic rings. The number of aliphatic hydroxyl groups excluding tert-OH is 2. The average molecular weight is 438 g/mol. The summed E-state index contributed by atoms with van der Waals surface area (Å²) < 4.78 is 8.65. The van der Waals surface area contributed by atoms with Crippen molar-refractivity contribution in [3.05, 3.63) is 54.4 Å². The molecular formula is C19H18N8O5. The summed E-state index contributed by atoms with van der Waals surface area (Å²) in [6.07, 6.45) is -0.314. The highest BCUT2D eigenvalue weighted by atomic mass is 16.6. The van der Waals surface area contributed by atoms with Crippen LogP contribution in [0.25, 0.3) is 11.2 Å². The van der Waals surface area contributed by atoms with Crippen molar-refractivity contribution in [2.24, 2.45) is 0 Å². The fourth-order valence-electron chi connectivity index (χ4n) is 3.65. The summed E-state index contributed by atoms with van der Waals surface area (Å²) in [5.74, 6) is -0.477. The van der Waals surface area contributed by atoms with Crippen molar-refractivity contribution in [1.29, 1.82) is 0 Å². The third-order valence-electron chi connectivity index (χ3n) is 5.29. The van der Waals surface area contributed by atoms with Gasteiger partial charge in [0.2, 0.25) is 5.78 Å². The number of benzene rings is 1. The molecule has 5 rings (SSSR count). The SMILES string of the molecule is Nc1ncnc2c1ncn2[C@@H]1O[C@H](Cn2cc(C(=O)c3ccccc3O)nn2)[C@@H](O)[C@H]1O. The first-order valence-electron chi connectivity index (χ1n) is 9.61. The first-order chi connectivity index (χ1) is 15.4. The Balaban J connectivity index is 1.35. The van der Waals surface area contributed by atoms with E-state index < -0.39 is 30.3 Å². The first-order valence-corrected chi connectivity index (χ1v) is 9.61. The van der Waals surface area contributed by atoms with Crippen LogP contribution >= 0.6 is 0 Å². The van der Waals surface area contributed by atoms with E-state index in [-0.39, 0.29) is 29.4 Å². The number of hydrogen-bond donors (Lipinski definition) is 4. The van der Waals surface area contributed by atoms with E-state index >= 15 is 0 Å². The lowest BCUT2D eigenvalue weighted by molar-refractivity contribution is -0.0403. The fraction of sp³-hybridized carbons (Fsp3) is 0.263. The van der Waals surface area contributed by atoms with Crippen LogP contribution in [0.1, 0.15) is 22.3 Å². The van der Waals surface area contributed by atoms with Gasteiger partial charge in [-0.25, -0.2) is 19.6 Å². The number of ether oxygens (including phenoxy) is 1. The third kappa shape index (κ3) is 3.24. The molecule has 1 fully saturated rings. The quantitative estimate of drug-likeness (QED) is 0.287. The molecular weight excluding hydrogens is 420 g/mol. The van der Waals surface area contributed by atoms with Crippen LogP contribution in [0.15, 0.2) is 43.1 Å². The maximum absolute atomic E-state index is 12.6. The second-order valence-electron chi connectivity index (χ2n) is 7.30. The summed E-state index contributed by atoms with van der Waals surface area (Å²) in [6, 6.07) is 6.11. The Morgan fingerprint density at radius 3 is 2.78 bits per heavy atom. The molecule has 32 heavy (non-hydrogen) atoms. The normalized spacial score (nSPS) is 23.1. The molecule has 1 aliphatic heterocycles. The molecule has 13 heteroatoms. The predicted molar refractivity (Wildman–Crippen MR) is 107 cm³/mol. The number of nitrogens with two attached hydrogens (primary N) is 1. The molecule has 0 amide bonds. The van der Waals surface area contributed by atoms with Gasteiger partial charge in [0.15, 0.2) is 23.4 Å². The van der Waals surface area contributed by atoms with E-state index in [1.54, 1.807) is 12.1 Å². The molecule has 1 saturated heterocycles. The van der Waals surface area contributed by atoms with Crippen LogP contribution < -0.4 is 5.73 Å².